The van der Waals surface area contributed by atoms with E-state index in [0.29, 0.717) is 114 Å². The number of benzene rings is 4. The molecule has 0 saturated carbocycles. The van der Waals surface area contributed by atoms with Crippen molar-refractivity contribution in [1.29, 1.82) is 0 Å². The number of aromatic nitrogens is 1. The van der Waals surface area contributed by atoms with E-state index in [2.05, 4.69) is 31.1 Å². The number of nitrogens with zero attached hydrogens (tertiary/aromatic N) is 2. The predicted octanol–water partition coefficient (Wildman–Crippen LogP) is 4.11. The Morgan fingerprint density at radius 1 is 0.659 bits per heavy atom. The number of nitrogens with one attached hydrogen (secondary N) is 5. The number of carbonyl (C=O) groups is 6. The van der Waals surface area contributed by atoms with E-state index in [9.17, 15) is 37.2 Å². The molecule has 24 nitrogen and oxygen atoms in total. The smallest absolute Gasteiger partial charge is 0.264 e. The highest BCUT2D eigenvalue weighted by atomic mass is 32.2. The van der Waals surface area contributed by atoms with Gasteiger partial charge in [-0.15, -0.1) is 0 Å². The average Bonchev–Trinajstić information content (AvgIpc) is 3.20. The zero-order valence-electron chi connectivity index (χ0n) is 44.7. The molecule has 82 heavy (non-hydrogen) atoms. The van der Waals surface area contributed by atoms with Crippen molar-refractivity contribution in [2.45, 2.75) is 36.6 Å². The van der Waals surface area contributed by atoms with Crippen LogP contribution in [0.25, 0.3) is 22.3 Å². The number of hydrogen-bond acceptors (Lipinski definition) is 19. The van der Waals surface area contributed by atoms with E-state index >= 15 is 4.39 Å². The number of anilines is 4. The van der Waals surface area contributed by atoms with Gasteiger partial charge in [-0.2, -0.15) is 0 Å². The van der Waals surface area contributed by atoms with Gasteiger partial charge in [-0.25, -0.2) is 17.8 Å². The molecule has 5 aromatic rings. The number of carbonyl (C=O) groups excluding carboxylic acids is 6. The maximum Gasteiger partial charge on any atom is 0.264 e. The third-order valence-corrected chi connectivity index (χ3v) is 14.3. The molecule has 0 spiro atoms. The zero-order valence-corrected chi connectivity index (χ0v) is 45.5. The van der Waals surface area contributed by atoms with Crippen LogP contribution in [0, 0.1) is 5.82 Å². The highest BCUT2D eigenvalue weighted by molar-refractivity contribution is 7.92. The van der Waals surface area contributed by atoms with Gasteiger partial charge in [0.15, 0.2) is 0 Å². The molecule has 1 unspecified atom stereocenters. The number of nitrogens with two attached hydrogens (primary N) is 1. The van der Waals surface area contributed by atoms with Crippen LogP contribution in [0.4, 0.5) is 27.3 Å². The molecule has 0 aliphatic carbocycles. The van der Waals surface area contributed by atoms with Crippen molar-refractivity contribution >= 4 is 68.3 Å². The quantitative estimate of drug-likeness (QED) is 0.0196. The molecule has 0 bridgehead atoms. The third kappa shape index (κ3) is 16.4. The second-order valence-electron chi connectivity index (χ2n) is 18.6. The van der Waals surface area contributed by atoms with Crippen LogP contribution in [0.3, 0.4) is 0 Å². The number of hydrogen-bond donors (Lipinski definition) is 6. The Morgan fingerprint density at radius 3 is 1.94 bits per heavy atom. The van der Waals surface area contributed by atoms with Crippen LogP contribution in [-0.4, -0.2) is 165 Å². The lowest BCUT2D eigenvalue weighted by Gasteiger charge is -2.27. The Labute approximate surface area is 471 Å². The summed E-state index contributed by atoms with van der Waals surface area (Å²) in [5.41, 5.74) is 13.0. The van der Waals surface area contributed by atoms with E-state index in [1.165, 1.54) is 36.5 Å². The molecule has 6 amide bonds. The van der Waals surface area contributed by atoms with Crippen LogP contribution in [0.1, 0.15) is 55.9 Å². The Kier molecular flexibility index (Phi) is 21.9. The monoisotopic (exact) mass is 1150 g/mol. The molecule has 1 aromatic heterocycles. The summed E-state index contributed by atoms with van der Waals surface area (Å²) in [5.74, 6) is -3.48. The summed E-state index contributed by atoms with van der Waals surface area (Å²) in [4.78, 5) is 85.2. The Balaban J connectivity index is 0.595. The molecular formula is C56H63FN8O16S. The maximum atomic E-state index is 15.6. The van der Waals surface area contributed by atoms with Crippen LogP contribution in [0.2, 0.25) is 0 Å². The molecule has 4 heterocycles. The molecule has 8 rings (SSSR count). The fourth-order valence-corrected chi connectivity index (χ4v) is 9.92. The third-order valence-electron chi connectivity index (χ3n) is 12.9. The topological polar surface area (TPSA) is 313 Å². The fourth-order valence-electron chi connectivity index (χ4n) is 8.86. The number of rotatable bonds is 33. The Hall–Kier alpha value is -7.79. The lowest BCUT2D eigenvalue weighted by atomic mass is 9.94. The summed E-state index contributed by atoms with van der Waals surface area (Å²) in [6.07, 6.45) is 2.18. The second kappa shape index (κ2) is 29.8. The summed E-state index contributed by atoms with van der Waals surface area (Å²) >= 11 is 0. The van der Waals surface area contributed by atoms with Crippen molar-refractivity contribution in [3.8, 4) is 22.3 Å². The van der Waals surface area contributed by atoms with Gasteiger partial charge in [0, 0.05) is 47.1 Å². The van der Waals surface area contributed by atoms with Crippen molar-refractivity contribution in [2.75, 3.05) is 127 Å². The molecule has 26 heteroatoms. The Morgan fingerprint density at radius 2 is 1.28 bits per heavy atom. The molecule has 0 radical (unpaired) electrons. The average molecular weight is 1160 g/mol. The summed E-state index contributed by atoms with van der Waals surface area (Å²) in [7, 11) is -4.25. The van der Waals surface area contributed by atoms with E-state index < -0.39 is 45.5 Å². The highest BCUT2D eigenvalue weighted by Gasteiger charge is 2.45. The lowest BCUT2D eigenvalue weighted by Crippen LogP contribution is -2.54. The van der Waals surface area contributed by atoms with E-state index in [1.807, 2.05) is 6.07 Å². The van der Waals surface area contributed by atoms with Crippen LogP contribution in [0.5, 0.6) is 0 Å². The normalized spacial score (nSPS) is 15.0. The standard InChI is InChI=1S/C56H63FN8O16S/c57-46-34-41(8-10-42(46)38-32-45(52(58)60-35-38)36-7-9-43-37(31-36)13-15-59-53(43)68)82(72,73)64-40-4-1-3-39(33-40)61-50(67)14-16-74-17-18-75-19-20-76-21-22-77-23-24-78-25-26-79-27-28-80-29-30-81-63-47-6-2-5-44-51(47)56(71)65(55(44)70)48-11-12-49(66)62-54(48)69/h1-10,31-35,48,63-64H,11-30H2,(H2,58,60)(H,59,68)(H,61,67)(H,62,66,69). The van der Waals surface area contributed by atoms with Gasteiger partial charge in [0.25, 0.3) is 27.7 Å². The van der Waals surface area contributed by atoms with Gasteiger partial charge in [0.1, 0.15) is 17.7 Å². The first-order chi connectivity index (χ1) is 39.8. The summed E-state index contributed by atoms with van der Waals surface area (Å²) in [6.45, 7) is 5.10. The van der Waals surface area contributed by atoms with Crippen molar-refractivity contribution in [3.05, 3.63) is 119 Å². The summed E-state index contributed by atoms with van der Waals surface area (Å²) < 4.78 is 83.4. The van der Waals surface area contributed by atoms with E-state index in [4.69, 9.17) is 43.7 Å². The minimum atomic E-state index is -4.25. The summed E-state index contributed by atoms with van der Waals surface area (Å²) in [6, 6.07) is 20.3. The number of piperidine rings is 1. The fraction of sp³-hybridized carbons (Fsp3) is 0.375. The second-order valence-corrected chi connectivity index (χ2v) is 20.3. The minimum absolute atomic E-state index is 0.0281. The number of fused-ring (bicyclic) bond motifs is 2. The van der Waals surface area contributed by atoms with Crippen LogP contribution in [-0.2, 0) is 68.8 Å². The van der Waals surface area contributed by atoms with Crippen LogP contribution in [0.15, 0.2) is 96.0 Å². The highest BCUT2D eigenvalue weighted by Crippen LogP contribution is 2.35. The van der Waals surface area contributed by atoms with Crippen molar-refractivity contribution in [2.24, 2.45) is 0 Å². The minimum Gasteiger partial charge on any atom is -0.383 e. The van der Waals surface area contributed by atoms with Gasteiger partial charge in [-0.1, -0.05) is 30.3 Å². The number of nitrogen functional groups attached to an aromatic ring is 1. The molecule has 436 valence electrons. The van der Waals surface area contributed by atoms with E-state index in [1.54, 1.807) is 42.5 Å². The molecular weight excluding hydrogens is 1090 g/mol. The van der Waals surface area contributed by atoms with Gasteiger partial charge in [-0.05, 0) is 78.6 Å². The van der Waals surface area contributed by atoms with E-state index in [0.717, 1.165) is 16.5 Å². The number of pyridine rings is 1. The predicted molar refractivity (Wildman–Crippen MR) is 294 cm³/mol. The number of sulfonamides is 1. The molecule has 1 atom stereocenters. The molecule has 3 aliphatic rings. The first-order valence-electron chi connectivity index (χ1n) is 26.4. The van der Waals surface area contributed by atoms with Gasteiger partial charge < -0.3 is 49.5 Å². The first kappa shape index (κ1) is 60.3. The number of halogens is 1. The van der Waals surface area contributed by atoms with Crippen LogP contribution >= 0.6 is 0 Å². The largest absolute Gasteiger partial charge is 0.383 e. The maximum absolute atomic E-state index is 15.6. The van der Waals surface area contributed by atoms with Gasteiger partial charge >= 0.3 is 0 Å². The van der Waals surface area contributed by atoms with Gasteiger partial charge in [0.05, 0.1) is 133 Å². The molecule has 3 aliphatic heterocycles. The summed E-state index contributed by atoms with van der Waals surface area (Å²) in [5, 5.41) is 7.70. The van der Waals surface area contributed by atoms with Crippen molar-refractivity contribution in [1.82, 2.24) is 20.5 Å². The SMILES string of the molecule is Nc1ncc(-c2ccc(S(=O)(=O)Nc3cccc(NC(=O)CCOCCOCCOCCOCCOCCOCCOCCONc4cccc5c4C(=O)N(C4CCC(=O)NC4=O)C5=O)c3)cc2F)cc1-c1ccc2c(c1)CCNC2=O. The number of amides is 6. The Bertz CT molecular complexity index is 3220. The zero-order chi connectivity index (χ0) is 57.8. The first-order valence-corrected chi connectivity index (χ1v) is 27.9. The molecule has 1 saturated heterocycles. The van der Waals surface area contributed by atoms with Crippen LogP contribution < -0.4 is 31.9 Å². The van der Waals surface area contributed by atoms with Gasteiger partial charge in [-0.3, -0.25) is 54.0 Å². The number of ether oxygens (including phenoxy) is 7. The lowest BCUT2D eigenvalue weighted by molar-refractivity contribution is -0.136. The van der Waals surface area contributed by atoms with Gasteiger partial charge in [0.2, 0.25) is 17.7 Å². The molecule has 4 aromatic carbocycles. The molecule has 1 fully saturated rings. The number of imide groups is 2. The molecule has 7 N–H and O–H groups in total. The van der Waals surface area contributed by atoms with Crippen molar-refractivity contribution in [3.63, 3.8) is 0 Å². The van der Waals surface area contributed by atoms with E-state index in [-0.39, 0.29) is 96.3 Å². The van der Waals surface area contributed by atoms with Crippen molar-refractivity contribution < 1.29 is 79.6 Å².